The smallest absolute Gasteiger partial charge is 0.230 e. The lowest BCUT2D eigenvalue weighted by Crippen LogP contribution is -2.57. The highest BCUT2D eigenvalue weighted by Gasteiger charge is 2.31. The van der Waals surface area contributed by atoms with Gasteiger partial charge in [-0.1, -0.05) is 13.8 Å². The summed E-state index contributed by atoms with van der Waals surface area (Å²) in [6, 6.07) is 2.82. The van der Waals surface area contributed by atoms with E-state index in [0.717, 1.165) is 0 Å². The maximum absolute atomic E-state index is 13.1. The van der Waals surface area contributed by atoms with Crippen molar-refractivity contribution in [2.24, 2.45) is 22.4 Å². The first kappa shape index (κ1) is 27.1. The summed E-state index contributed by atoms with van der Waals surface area (Å²) in [4.78, 5) is 55.2. The molecule has 1 aromatic rings. The average molecular weight is 475 g/mol. The van der Waals surface area contributed by atoms with Crippen LogP contribution in [0.15, 0.2) is 23.2 Å². The van der Waals surface area contributed by atoms with Crippen LogP contribution in [0.2, 0.25) is 0 Å². The summed E-state index contributed by atoms with van der Waals surface area (Å²) in [5.41, 5.74) is 23.6. The number of nitrogens with zero attached hydrogens (tertiary/aromatic N) is 1. The van der Waals surface area contributed by atoms with Crippen LogP contribution in [0.25, 0.3) is 0 Å². The molecule has 10 N–H and O–H groups in total. The second-order valence-corrected chi connectivity index (χ2v) is 8.44. The number of carbonyl (C=O) groups excluding carboxylic acids is 4. The Kier molecular flexibility index (Phi) is 10.3. The monoisotopic (exact) mass is 474 g/mol. The molecule has 1 heterocycles. The highest BCUT2D eigenvalue weighted by molar-refractivity contribution is 6.45. The van der Waals surface area contributed by atoms with Crippen molar-refractivity contribution >= 4 is 34.8 Å². The standard InChI is InChI=1S/C22H34N8O4/c1-12(2)18-21(34)19(32)13-5-6-15(23)14(8-13)9-26-11-27-10-17(31)20(33)16(29-30-18)4-3-7-28-22(24)25/h5-6,8,12,16,18,26-27,29-30H,3-4,7,9-11,23H2,1-2H3,(H4,24,25,28)/t16-,18-/m0/s1. The van der Waals surface area contributed by atoms with Gasteiger partial charge in [0.05, 0.1) is 18.6 Å². The number of guanidine groups is 1. The van der Waals surface area contributed by atoms with E-state index in [1.54, 1.807) is 26.0 Å². The quantitative estimate of drug-likeness (QED) is 0.0845. The minimum absolute atomic E-state index is 0.0713. The fourth-order valence-corrected chi connectivity index (χ4v) is 3.42. The number of anilines is 1. The van der Waals surface area contributed by atoms with Gasteiger partial charge >= 0.3 is 0 Å². The molecule has 1 aliphatic heterocycles. The average Bonchev–Trinajstić information content (AvgIpc) is 2.79. The van der Waals surface area contributed by atoms with E-state index in [2.05, 4.69) is 26.5 Å². The van der Waals surface area contributed by atoms with Crippen LogP contribution in [-0.4, -0.2) is 60.9 Å². The van der Waals surface area contributed by atoms with Gasteiger partial charge in [-0.05, 0) is 42.5 Å². The molecule has 1 aliphatic rings. The third-order valence-electron chi connectivity index (χ3n) is 5.38. The Bertz CT molecular complexity index is 943. The Morgan fingerprint density at radius 1 is 1.06 bits per heavy atom. The number of hydrogen-bond donors (Lipinski definition) is 7. The second kappa shape index (κ2) is 12.9. The molecule has 0 radical (unpaired) electrons. The fraction of sp³-hybridized carbons (Fsp3) is 0.500. The van der Waals surface area contributed by atoms with Crippen molar-refractivity contribution < 1.29 is 19.2 Å². The van der Waals surface area contributed by atoms with Crippen LogP contribution in [0, 0.1) is 5.92 Å². The Morgan fingerprint density at radius 3 is 2.44 bits per heavy atom. The molecule has 12 heteroatoms. The molecule has 0 aliphatic carbocycles. The van der Waals surface area contributed by atoms with Gasteiger partial charge < -0.3 is 22.5 Å². The van der Waals surface area contributed by atoms with Crippen molar-refractivity contribution in [3.05, 3.63) is 29.3 Å². The molecule has 0 fully saturated rings. The molecule has 2 rings (SSSR count). The number of carbonyl (C=O) groups is 4. The van der Waals surface area contributed by atoms with Crippen LogP contribution in [0.1, 0.15) is 42.6 Å². The van der Waals surface area contributed by atoms with E-state index in [4.69, 9.17) is 17.2 Å². The number of aliphatic imine (C=N–C) groups is 1. The normalized spacial score (nSPS) is 21.0. The number of benzene rings is 1. The largest absolute Gasteiger partial charge is 0.398 e. The molecule has 12 nitrogen and oxygen atoms in total. The van der Waals surface area contributed by atoms with Gasteiger partial charge in [0.1, 0.15) is 0 Å². The first-order valence-electron chi connectivity index (χ1n) is 11.1. The van der Waals surface area contributed by atoms with Crippen LogP contribution in [-0.2, 0) is 20.9 Å². The van der Waals surface area contributed by atoms with Crippen LogP contribution < -0.4 is 38.7 Å². The number of hydrogen-bond acceptors (Lipinski definition) is 10. The maximum atomic E-state index is 13.1. The molecule has 0 unspecified atom stereocenters. The van der Waals surface area contributed by atoms with E-state index in [9.17, 15) is 19.2 Å². The van der Waals surface area contributed by atoms with E-state index in [1.165, 1.54) is 6.07 Å². The first-order valence-corrected chi connectivity index (χ1v) is 11.1. The summed E-state index contributed by atoms with van der Waals surface area (Å²) in [5, 5.41) is 5.93. The second-order valence-electron chi connectivity index (χ2n) is 8.44. The predicted octanol–water partition coefficient (Wildman–Crippen LogP) is -1.65. The van der Waals surface area contributed by atoms with E-state index < -0.39 is 35.2 Å². The van der Waals surface area contributed by atoms with Crippen LogP contribution in [0.3, 0.4) is 0 Å². The van der Waals surface area contributed by atoms with Crippen molar-refractivity contribution in [2.75, 3.05) is 25.5 Å². The number of rotatable bonds is 5. The molecular formula is C22H34N8O4. The number of nitrogens with two attached hydrogens (primary N) is 3. The topological polar surface area (TPSA) is 207 Å². The lowest BCUT2D eigenvalue weighted by atomic mass is 9.93. The van der Waals surface area contributed by atoms with Gasteiger partial charge in [-0.3, -0.25) is 29.5 Å². The minimum Gasteiger partial charge on any atom is -0.398 e. The van der Waals surface area contributed by atoms with Crippen molar-refractivity contribution in [1.29, 1.82) is 0 Å². The first-order chi connectivity index (χ1) is 16.1. The van der Waals surface area contributed by atoms with E-state index in [0.29, 0.717) is 24.2 Å². The van der Waals surface area contributed by atoms with Gasteiger partial charge in [-0.2, -0.15) is 0 Å². The highest BCUT2D eigenvalue weighted by atomic mass is 16.2. The Labute approximate surface area is 198 Å². The summed E-state index contributed by atoms with van der Waals surface area (Å²) >= 11 is 0. The van der Waals surface area contributed by atoms with Gasteiger partial charge in [0.15, 0.2) is 5.96 Å². The highest BCUT2D eigenvalue weighted by Crippen LogP contribution is 2.16. The molecule has 0 saturated heterocycles. The Morgan fingerprint density at radius 2 is 1.76 bits per heavy atom. The lowest BCUT2D eigenvalue weighted by molar-refractivity contribution is -0.137. The molecule has 186 valence electrons. The fourth-order valence-electron chi connectivity index (χ4n) is 3.42. The number of nitrogen functional groups attached to an aromatic ring is 1. The summed E-state index contributed by atoms with van der Waals surface area (Å²) in [6.45, 7) is 4.17. The molecule has 2 atom stereocenters. The maximum Gasteiger partial charge on any atom is 0.230 e. The molecule has 0 saturated carbocycles. The van der Waals surface area contributed by atoms with Gasteiger partial charge in [0.25, 0.3) is 0 Å². The third kappa shape index (κ3) is 7.70. The lowest BCUT2D eigenvalue weighted by Gasteiger charge is -2.25. The minimum atomic E-state index is -0.934. The van der Waals surface area contributed by atoms with E-state index in [-0.39, 0.29) is 43.6 Å². The van der Waals surface area contributed by atoms with Crippen molar-refractivity contribution in [2.45, 2.75) is 45.3 Å². The summed E-state index contributed by atoms with van der Waals surface area (Å²) < 4.78 is 0. The van der Waals surface area contributed by atoms with Gasteiger partial charge in [0, 0.05) is 31.0 Å². The Hall–Kier alpha value is -3.19. The SMILES string of the molecule is CC(C)[C@@H]1NN[C@@H](CCCN=C(N)N)C(=O)C(=O)CNCNCc2cc(ccc2N)C(=O)C1=O. The van der Waals surface area contributed by atoms with Crippen molar-refractivity contribution in [3.63, 3.8) is 0 Å². The molecule has 2 bridgehead atoms. The van der Waals surface area contributed by atoms with Crippen molar-refractivity contribution in [1.82, 2.24) is 21.5 Å². The number of fused-ring (bicyclic) bond motifs is 2. The predicted molar refractivity (Wildman–Crippen MR) is 129 cm³/mol. The van der Waals surface area contributed by atoms with Crippen LogP contribution >= 0.6 is 0 Å². The van der Waals surface area contributed by atoms with Gasteiger partial charge in [0.2, 0.25) is 23.1 Å². The number of ketones is 4. The number of nitrogens with one attached hydrogen (secondary N) is 4. The zero-order valence-electron chi connectivity index (χ0n) is 19.5. The zero-order chi connectivity index (χ0) is 25.3. The summed E-state index contributed by atoms with van der Waals surface area (Å²) in [7, 11) is 0. The van der Waals surface area contributed by atoms with Gasteiger partial charge in [-0.25, -0.2) is 10.9 Å². The third-order valence-corrected chi connectivity index (χ3v) is 5.38. The number of hydrazine groups is 1. The van der Waals surface area contributed by atoms with E-state index in [1.807, 2.05) is 0 Å². The van der Waals surface area contributed by atoms with Crippen LogP contribution in [0.5, 0.6) is 0 Å². The van der Waals surface area contributed by atoms with Gasteiger partial charge in [-0.15, -0.1) is 0 Å². The summed E-state index contributed by atoms with van der Waals surface area (Å²) in [5.74, 6) is -2.98. The molecule has 1 aromatic carbocycles. The molecule has 0 aromatic heterocycles. The molecular weight excluding hydrogens is 440 g/mol. The van der Waals surface area contributed by atoms with Crippen molar-refractivity contribution in [3.8, 4) is 0 Å². The number of Topliss-reactive ketones (excluding diaryl/α,β-unsaturated/α-hetero) is 4. The Balaban J connectivity index is 2.30. The zero-order valence-corrected chi connectivity index (χ0v) is 19.5. The van der Waals surface area contributed by atoms with E-state index >= 15 is 0 Å². The van der Waals surface area contributed by atoms with Crippen LogP contribution in [0.4, 0.5) is 5.69 Å². The molecule has 0 amide bonds. The summed E-state index contributed by atoms with van der Waals surface area (Å²) in [6.07, 6.45) is 0.652. The molecule has 0 spiro atoms. The molecule has 34 heavy (non-hydrogen) atoms.